The topological polar surface area (TPSA) is 46.2 Å². The minimum absolute atomic E-state index is 0.265. The van der Waals surface area contributed by atoms with Crippen LogP contribution in [0.1, 0.15) is 19.4 Å². The highest BCUT2D eigenvalue weighted by atomic mass is 16.3. The second-order valence-electron chi connectivity index (χ2n) is 4.44. The molecule has 0 spiro atoms. The Hall–Kier alpha value is -1.54. The van der Waals surface area contributed by atoms with Crippen molar-refractivity contribution in [2.75, 3.05) is 0 Å². The maximum atomic E-state index is 9.86. The van der Waals surface area contributed by atoms with Crippen molar-refractivity contribution in [3.05, 3.63) is 42.0 Å². The third kappa shape index (κ3) is 1.81. The highest BCUT2D eigenvalue weighted by Crippen LogP contribution is 2.31. The first-order chi connectivity index (χ1) is 6.98. The van der Waals surface area contributed by atoms with Crippen LogP contribution in [0.25, 0.3) is 10.8 Å². The number of hydrogen-bond donors (Lipinski definition) is 2. The molecule has 0 atom stereocenters. The van der Waals surface area contributed by atoms with Crippen molar-refractivity contribution in [1.29, 1.82) is 0 Å². The van der Waals surface area contributed by atoms with Crippen LogP contribution >= 0.6 is 0 Å². The van der Waals surface area contributed by atoms with Gasteiger partial charge in [-0.05, 0) is 36.8 Å². The van der Waals surface area contributed by atoms with E-state index in [2.05, 4.69) is 0 Å². The molecule has 15 heavy (non-hydrogen) atoms. The van der Waals surface area contributed by atoms with Crippen molar-refractivity contribution in [1.82, 2.24) is 0 Å². The van der Waals surface area contributed by atoms with Gasteiger partial charge in [0.2, 0.25) is 0 Å². The molecule has 0 aromatic heterocycles. The number of benzene rings is 2. The Bertz CT molecular complexity index is 497. The predicted molar refractivity (Wildman–Crippen MR) is 62.8 cm³/mol. The first-order valence-electron chi connectivity index (χ1n) is 4.99. The number of nitrogens with two attached hydrogens (primary N) is 1. The van der Waals surface area contributed by atoms with E-state index in [-0.39, 0.29) is 5.75 Å². The number of phenols is 1. The molecule has 2 nitrogen and oxygen atoms in total. The van der Waals surface area contributed by atoms with Gasteiger partial charge in [0.15, 0.2) is 0 Å². The number of hydrogen-bond acceptors (Lipinski definition) is 2. The zero-order valence-corrected chi connectivity index (χ0v) is 8.99. The number of aromatic hydroxyl groups is 1. The monoisotopic (exact) mass is 201 g/mol. The van der Waals surface area contributed by atoms with Gasteiger partial charge in [-0.3, -0.25) is 0 Å². The minimum atomic E-state index is -0.520. The van der Waals surface area contributed by atoms with Gasteiger partial charge in [0.25, 0.3) is 0 Å². The molecule has 0 amide bonds. The Morgan fingerprint density at radius 1 is 1.07 bits per heavy atom. The van der Waals surface area contributed by atoms with Crippen LogP contribution in [-0.4, -0.2) is 5.11 Å². The molecule has 0 unspecified atom stereocenters. The fourth-order valence-corrected chi connectivity index (χ4v) is 1.74. The number of fused-ring (bicyclic) bond motifs is 1. The summed E-state index contributed by atoms with van der Waals surface area (Å²) in [5, 5.41) is 12.0. The van der Waals surface area contributed by atoms with E-state index in [0.717, 1.165) is 16.3 Å². The van der Waals surface area contributed by atoms with Crippen molar-refractivity contribution in [2.24, 2.45) is 5.73 Å². The van der Waals surface area contributed by atoms with Gasteiger partial charge in [-0.2, -0.15) is 0 Å². The summed E-state index contributed by atoms with van der Waals surface area (Å²) in [6.07, 6.45) is 0. The maximum Gasteiger partial charge on any atom is 0.121 e. The molecule has 2 aromatic carbocycles. The van der Waals surface area contributed by atoms with E-state index in [9.17, 15) is 5.11 Å². The largest absolute Gasteiger partial charge is 0.508 e. The van der Waals surface area contributed by atoms with Gasteiger partial charge >= 0.3 is 0 Å². The Morgan fingerprint density at radius 2 is 1.60 bits per heavy atom. The lowest BCUT2D eigenvalue weighted by Crippen LogP contribution is -2.28. The van der Waals surface area contributed by atoms with Crippen molar-refractivity contribution in [2.45, 2.75) is 19.4 Å². The zero-order valence-electron chi connectivity index (χ0n) is 8.99. The Balaban J connectivity index is 2.73. The molecule has 0 heterocycles. The molecule has 0 aliphatic carbocycles. The molecular formula is C13H15NO. The summed E-state index contributed by atoms with van der Waals surface area (Å²) in [7, 11) is 0. The minimum Gasteiger partial charge on any atom is -0.508 e. The van der Waals surface area contributed by atoms with Gasteiger partial charge in [-0.1, -0.05) is 24.3 Å². The van der Waals surface area contributed by atoms with Crippen molar-refractivity contribution in [3.8, 4) is 5.75 Å². The van der Waals surface area contributed by atoms with E-state index < -0.39 is 5.54 Å². The Morgan fingerprint density at radius 3 is 2.13 bits per heavy atom. The summed E-state index contributed by atoms with van der Waals surface area (Å²) in [5.41, 5.74) is 6.25. The normalized spacial score (nSPS) is 11.9. The highest BCUT2D eigenvalue weighted by molar-refractivity contribution is 5.85. The van der Waals surface area contributed by atoms with Crippen LogP contribution in [0, 0.1) is 0 Å². The first kappa shape index (κ1) is 9.99. The molecule has 2 heteroatoms. The molecule has 3 N–H and O–H groups in total. The van der Waals surface area contributed by atoms with Crippen LogP contribution < -0.4 is 5.73 Å². The molecule has 0 saturated carbocycles. The van der Waals surface area contributed by atoms with E-state index in [0.29, 0.717) is 0 Å². The summed E-state index contributed by atoms with van der Waals surface area (Å²) in [4.78, 5) is 0. The summed E-state index contributed by atoms with van der Waals surface area (Å²) in [6, 6.07) is 11.6. The zero-order chi connectivity index (χ0) is 11.1. The fraction of sp³-hybridized carbons (Fsp3) is 0.231. The standard InChI is InChI=1S/C13H15NO/c1-13(2,14)11-7-9-5-3-4-6-10(9)8-12(11)15/h3-8,15H,14H2,1-2H3. The average Bonchev–Trinajstić information content (AvgIpc) is 2.15. The van der Waals surface area contributed by atoms with Gasteiger partial charge < -0.3 is 10.8 Å². The van der Waals surface area contributed by atoms with E-state index in [4.69, 9.17) is 5.73 Å². The molecule has 0 fully saturated rings. The number of phenolic OH excluding ortho intramolecular Hbond substituents is 1. The molecule has 78 valence electrons. The van der Waals surface area contributed by atoms with Gasteiger partial charge in [0.1, 0.15) is 5.75 Å². The third-order valence-corrected chi connectivity index (χ3v) is 2.56. The first-order valence-corrected chi connectivity index (χ1v) is 4.99. The average molecular weight is 201 g/mol. The second kappa shape index (κ2) is 3.24. The third-order valence-electron chi connectivity index (χ3n) is 2.56. The van der Waals surface area contributed by atoms with Gasteiger partial charge in [0, 0.05) is 11.1 Å². The van der Waals surface area contributed by atoms with Crippen molar-refractivity contribution < 1.29 is 5.11 Å². The van der Waals surface area contributed by atoms with E-state index in [1.165, 1.54) is 0 Å². The van der Waals surface area contributed by atoms with Crippen molar-refractivity contribution >= 4 is 10.8 Å². The second-order valence-corrected chi connectivity index (χ2v) is 4.44. The number of rotatable bonds is 1. The fourth-order valence-electron chi connectivity index (χ4n) is 1.74. The molecule has 2 aromatic rings. The quantitative estimate of drug-likeness (QED) is 0.745. The molecule has 0 aliphatic heterocycles. The molecule has 0 aliphatic rings. The van der Waals surface area contributed by atoms with Crippen molar-refractivity contribution in [3.63, 3.8) is 0 Å². The smallest absolute Gasteiger partial charge is 0.121 e. The molecule has 0 bridgehead atoms. The lowest BCUT2D eigenvalue weighted by Gasteiger charge is -2.21. The Kier molecular flexibility index (Phi) is 2.16. The van der Waals surface area contributed by atoms with Gasteiger partial charge in [0.05, 0.1) is 0 Å². The van der Waals surface area contributed by atoms with E-state index >= 15 is 0 Å². The molecule has 0 saturated heterocycles. The van der Waals surface area contributed by atoms with E-state index in [1.54, 1.807) is 6.07 Å². The van der Waals surface area contributed by atoms with E-state index in [1.807, 2.05) is 44.2 Å². The molecule has 2 rings (SSSR count). The molecule has 0 radical (unpaired) electrons. The van der Waals surface area contributed by atoms with Crippen LogP contribution in [0.4, 0.5) is 0 Å². The summed E-state index contributed by atoms with van der Waals surface area (Å²) in [6.45, 7) is 3.77. The SMILES string of the molecule is CC(C)(N)c1cc2ccccc2cc1O. The predicted octanol–water partition coefficient (Wildman–Crippen LogP) is 2.74. The van der Waals surface area contributed by atoms with Gasteiger partial charge in [-0.15, -0.1) is 0 Å². The Labute approximate surface area is 89.3 Å². The highest BCUT2D eigenvalue weighted by Gasteiger charge is 2.18. The van der Waals surface area contributed by atoms with Crippen LogP contribution in [0.3, 0.4) is 0 Å². The summed E-state index contributed by atoms with van der Waals surface area (Å²) in [5.74, 6) is 0.265. The van der Waals surface area contributed by atoms with Gasteiger partial charge in [-0.25, -0.2) is 0 Å². The van der Waals surface area contributed by atoms with Crippen LogP contribution in [0.2, 0.25) is 0 Å². The maximum absolute atomic E-state index is 9.86. The summed E-state index contributed by atoms with van der Waals surface area (Å²) < 4.78 is 0. The van der Waals surface area contributed by atoms with Crippen LogP contribution in [-0.2, 0) is 5.54 Å². The lowest BCUT2D eigenvalue weighted by atomic mass is 9.92. The molecular weight excluding hydrogens is 186 g/mol. The summed E-state index contributed by atoms with van der Waals surface area (Å²) >= 11 is 0. The van der Waals surface area contributed by atoms with Crippen LogP contribution in [0.15, 0.2) is 36.4 Å². The van der Waals surface area contributed by atoms with Crippen LogP contribution in [0.5, 0.6) is 5.75 Å². The lowest BCUT2D eigenvalue weighted by molar-refractivity contribution is 0.441.